The van der Waals surface area contributed by atoms with Gasteiger partial charge in [0.05, 0.1) is 28.5 Å². The number of halogens is 5. The zero-order valence-electron chi connectivity index (χ0n) is 20.2. The Balaban J connectivity index is 1.35. The van der Waals surface area contributed by atoms with Gasteiger partial charge in [0.1, 0.15) is 11.9 Å². The van der Waals surface area contributed by atoms with Gasteiger partial charge in [-0.3, -0.25) is 10.1 Å². The number of nitrogens with one attached hydrogen (secondary N) is 1. The molecule has 3 aromatic carbocycles. The minimum absolute atomic E-state index is 0.0503. The van der Waals surface area contributed by atoms with E-state index in [4.69, 9.17) is 23.2 Å². The van der Waals surface area contributed by atoms with Crippen LogP contribution in [0.3, 0.4) is 0 Å². The maximum atomic E-state index is 14.1. The van der Waals surface area contributed by atoms with Crippen LogP contribution >= 0.6 is 23.2 Å². The molecule has 3 aromatic heterocycles. The van der Waals surface area contributed by atoms with Crippen LogP contribution in [-0.4, -0.2) is 35.3 Å². The van der Waals surface area contributed by atoms with Crippen LogP contribution in [0.25, 0.3) is 27.7 Å². The van der Waals surface area contributed by atoms with Crippen molar-refractivity contribution in [3.8, 4) is 11.3 Å². The van der Waals surface area contributed by atoms with Gasteiger partial charge in [0.25, 0.3) is 5.91 Å². The first-order chi connectivity index (χ1) is 19.2. The van der Waals surface area contributed by atoms with Crippen molar-refractivity contribution in [3.63, 3.8) is 0 Å². The molecule has 40 heavy (non-hydrogen) atoms. The Morgan fingerprint density at radius 2 is 1.77 bits per heavy atom. The Hall–Kier alpha value is -4.48. The van der Waals surface area contributed by atoms with Gasteiger partial charge in [-0.15, -0.1) is 5.10 Å². The van der Waals surface area contributed by atoms with Crippen LogP contribution in [0.15, 0.2) is 79.3 Å². The number of anilines is 1. The highest BCUT2D eigenvalue weighted by Gasteiger charge is 2.36. The monoisotopic (exact) mass is 581 g/mol. The number of alkyl halides is 3. The fourth-order valence-corrected chi connectivity index (χ4v) is 4.65. The van der Waals surface area contributed by atoms with E-state index in [1.807, 2.05) is 18.2 Å². The van der Waals surface area contributed by atoms with E-state index >= 15 is 0 Å². The van der Waals surface area contributed by atoms with E-state index < -0.39 is 17.8 Å². The summed E-state index contributed by atoms with van der Waals surface area (Å²) in [4.78, 5) is 21.7. The number of fused-ring (bicyclic) bond motifs is 2. The second-order valence-electron chi connectivity index (χ2n) is 8.81. The van der Waals surface area contributed by atoms with Crippen LogP contribution in [0.2, 0.25) is 10.0 Å². The Labute approximate surface area is 234 Å². The van der Waals surface area contributed by atoms with Gasteiger partial charge >= 0.3 is 6.18 Å². The number of amides is 1. The lowest BCUT2D eigenvalue weighted by molar-refractivity contribution is -0.142. The highest BCUT2D eigenvalue weighted by molar-refractivity contribution is 6.42. The van der Waals surface area contributed by atoms with Gasteiger partial charge in [-0.1, -0.05) is 71.7 Å². The fourth-order valence-electron chi connectivity index (χ4n) is 4.33. The Morgan fingerprint density at radius 3 is 2.58 bits per heavy atom. The molecule has 0 saturated carbocycles. The molecule has 8 nitrogen and oxygen atoms in total. The number of aromatic nitrogens is 6. The summed E-state index contributed by atoms with van der Waals surface area (Å²) in [7, 11) is 0. The number of nitrogens with zero attached hydrogens (tertiary/aromatic N) is 6. The van der Waals surface area contributed by atoms with E-state index in [0.29, 0.717) is 26.7 Å². The molecule has 0 saturated heterocycles. The average Bonchev–Trinajstić information content (AvgIpc) is 3.56. The number of carbonyl (C=O) groups is 1. The first-order valence-corrected chi connectivity index (χ1v) is 12.5. The predicted octanol–water partition coefficient (Wildman–Crippen LogP) is 6.77. The molecule has 0 unspecified atom stereocenters. The summed E-state index contributed by atoms with van der Waals surface area (Å²) in [6, 6.07) is 18.6. The molecule has 0 bridgehead atoms. The van der Waals surface area contributed by atoms with E-state index in [9.17, 15) is 18.0 Å². The van der Waals surface area contributed by atoms with Gasteiger partial charge in [0.2, 0.25) is 5.95 Å². The van der Waals surface area contributed by atoms with Crippen molar-refractivity contribution in [1.29, 1.82) is 0 Å². The topological polar surface area (TPSA) is 90.0 Å². The molecule has 0 fully saturated rings. The number of hydrogen-bond donors (Lipinski definition) is 1. The molecule has 1 amide bonds. The van der Waals surface area contributed by atoms with Crippen LogP contribution in [0.4, 0.5) is 19.1 Å². The van der Waals surface area contributed by atoms with Gasteiger partial charge in [0.15, 0.2) is 11.3 Å². The lowest BCUT2D eigenvalue weighted by atomic mass is 10.0. The molecule has 6 rings (SSSR count). The van der Waals surface area contributed by atoms with Crippen LogP contribution in [0, 0.1) is 0 Å². The molecule has 0 spiro atoms. The lowest BCUT2D eigenvalue weighted by Crippen LogP contribution is -2.16. The van der Waals surface area contributed by atoms with Crippen LogP contribution in [0.1, 0.15) is 21.6 Å². The van der Waals surface area contributed by atoms with Gasteiger partial charge in [-0.25, -0.2) is 19.2 Å². The van der Waals surface area contributed by atoms with E-state index in [0.717, 1.165) is 28.6 Å². The largest absolute Gasteiger partial charge is 0.433 e. The summed E-state index contributed by atoms with van der Waals surface area (Å²) in [5.41, 5.74) is -0.163. The van der Waals surface area contributed by atoms with Crippen molar-refractivity contribution >= 4 is 51.5 Å². The van der Waals surface area contributed by atoms with E-state index in [1.165, 1.54) is 11.0 Å². The molecule has 13 heteroatoms. The number of hydrogen-bond acceptors (Lipinski definition) is 5. The van der Waals surface area contributed by atoms with Crippen LogP contribution < -0.4 is 5.32 Å². The highest BCUT2D eigenvalue weighted by Crippen LogP contribution is 2.35. The third-order valence-corrected chi connectivity index (χ3v) is 6.90. The van der Waals surface area contributed by atoms with Crippen molar-refractivity contribution in [2.24, 2.45) is 0 Å². The lowest BCUT2D eigenvalue weighted by Gasteiger charge is -2.13. The Kier molecular flexibility index (Phi) is 6.40. The molecule has 6 aromatic rings. The number of rotatable bonds is 5. The summed E-state index contributed by atoms with van der Waals surface area (Å²) in [5, 5.41) is 12.9. The summed E-state index contributed by atoms with van der Waals surface area (Å²) in [5.74, 6) is -0.816. The summed E-state index contributed by atoms with van der Waals surface area (Å²) in [6.45, 7) is 0.293. The third-order valence-electron chi connectivity index (χ3n) is 6.16. The molecule has 0 aliphatic rings. The molecule has 0 atom stereocenters. The predicted molar refractivity (Wildman–Crippen MR) is 144 cm³/mol. The standard InChI is InChI=1S/C27H16Cl2F3N7O/c28-20-9-8-15(10-21(20)29)13-38-14-33-26(37-38)36-25(40)19-12-34-39-23(27(30,31)32)11-22(35-24(19)39)18-7-3-5-16-4-1-2-6-17(16)18/h1-12,14H,13H2,(H,36,37,40). The zero-order valence-corrected chi connectivity index (χ0v) is 21.7. The van der Waals surface area contributed by atoms with Gasteiger partial charge < -0.3 is 0 Å². The summed E-state index contributed by atoms with van der Waals surface area (Å²) >= 11 is 12.0. The molecule has 0 aliphatic carbocycles. The minimum atomic E-state index is -4.76. The normalized spacial score (nSPS) is 11.8. The van der Waals surface area contributed by atoms with Crippen molar-refractivity contribution < 1.29 is 18.0 Å². The number of carbonyl (C=O) groups excluding carboxylic acids is 1. The number of benzene rings is 3. The molecular weight excluding hydrogens is 566 g/mol. The first-order valence-electron chi connectivity index (χ1n) is 11.8. The molecule has 1 N–H and O–H groups in total. The van der Waals surface area contributed by atoms with E-state index in [2.05, 4.69) is 25.5 Å². The van der Waals surface area contributed by atoms with Crippen molar-refractivity contribution in [2.45, 2.75) is 12.7 Å². The second kappa shape index (κ2) is 9.92. The Morgan fingerprint density at radius 1 is 0.975 bits per heavy atom. The maximum Gasteiger partial charge on any atom is 0.433 e. The summed E-state index contributed by atoms with van der Waals surface area (Å²) < 4.78 is 44.3. The van der Waals surface area contributed by atoms with E-state index in [-0.39, 0.29) is 22.9 Å². The molecular formula is C27H16Cl2F3N7O. The molecule has 3 heterocycles. The van der Waals surface area contributed by atoms with Crippen molar-refractivity contribution in [1.82, 2.24) is 29.4 Å². The highest BCUT2D eigenvalue weighted by atomic mass is 35.5. The average molecular weight is 582 g/mol. The molecule has 200 valence electrons. The zero-order chi connectivity index (χ0) is 28.0. The summed E-state index contributed by atoms with van der Waals surface area (Å²) in [6.07, 6.45) is -2.33. The SMILES string of the molecule is O=C(Nc1ncn(Cc2ccc(Cl)c(Cl)c2)n1)c1cnn2c(C(F)(F)F)cc(-c3cccc4ccccc34)nc12. The quantitative estimate of drug-likeness (QED) is 0.243. The third kappa shape index (κ3) is 4.85. The van der Waals surface area contributed by atoms with Gasteiger partial charge in [-0.2, -0.15) is 18.3 Å². The Bertz CT molecular complexity index is 1910. The van der Waals surface area contributed by atoms with Crippen molar-refractivity contribution in [2.75, 3.05) is 5.32 Å². The first kappa shape index (κ1) is 25.8. The molecule has 0 radical (unpaired) electrons. The molecule has 0 aliphatic heterocycles. The van der Waals surface area contributed by atoms with E-state index in [1.54, 1.807) is 42.5 Å². The van der Waals surface area contributed by atoms with Crippen LogP contribution in [-0.2, 0) is 12.7 Å². The van der Waals surface area contributed by atoms with Gasteiger partial charge in [-0.05, 0) is 34.5 Å². The smallest absolute Gasteiger partial charge is 0.289 e. The van der Waals surface area contributed by atoms with Gasteiger partial charge in [0, 0.05) is 5.56 Å². The fraction of sp³-hybridized carbons (Fsp3) is 0.0741. The minimum Gasteiger partial charge on any atom is -0.289 e. The van der Waals surface area contributed by atoms with Crippen molar-refractivity contribution in [3.05, 3.63) is 106 Å². The second-order valence-corrected chi connectivity index (χ2v) is 9.63. The maximum absolute atomic E-state index is 14.1. The van der Waals surface area contributed by atoms with Crippen LogP contribution in [0.5, 0.6) is 0 Å².